The van der Waals surface area contributed by atoms with Gasteiger partial charge in [-0.05, 0) is 18.9 Å². The third kappa shape index (κ3) is 3.82. The van der Waals surface area contributed by atoms with Crippen molar-refractivity contribution in [1.82, 2.24) is 20.4 Å². The van der Waals surface area contributed by atoms with Crippen LogP contribution in [-0.4, -0.2) is 46.5 Å². The molecular weight excluding hydrogens is 304 g/mol. The number of rotatable bonds is 4. The third-order valence-electron chi connectivity index (χ3n) is 4.37. The van der Waals surface area contributed by atoms with Crippen LogP contribution in [0.25, 0.3) is 11.3 Å². The number of nitrogens with zero attached hydrogens (tertiary/aromatic N) is 2. The second kappa shape index (κ2) is 7.29. The number of aromatic nitrogens is 2. The predicted molar refractivity (Wildman–Crippen MR) is 91.3 cm³/mol. The molecule has 3 rings (SSSR count). The first kappa shape index (κ1) is 16.2. The number of carbonyl (C=O) groups excluding carboxylic acids is 2. The summed E-state index contributed by atoms with van der Waals surface area (Å²) in [5.74, 6) is 0.0423. The van der Waals surface area contributed by atoms with E-state index in [1.807, 2.05) is 35.2 Å². The first-order valence-electron chi connectivity index (χ1n) is 8.26. The van der Waals surface area contributed by atoms with Gasteiger partial charge in [0.1, 0.15) is 0 Å². The van der Waals surface area contributed by atoms with Crippen molar-refractivity contribution in [2.75, 3.05) is 19.6 Å². The zero-order chi connectivity index (χ0) is 16.9. The number of aromatic amines is 1. The van der Waals surface area contributed by atoms with Gasteiger partial charge in [0.25, 0.3) is 0 Å². The average Bonchev–Trinajstić information content (AvgIpc) is 3.11. The van der Waals surface area contributed by atoms with Gasteiger partial charge in [-0.1, -0.05) is 30.3 Å². The molecule has 6 heteroatoms. The van der Waals surface area contributed by atoms with Gasteiger partial charge in [-0.25, -0.2) is 0 Å². The number of likely N-dealkylation sites (tertiary alicyclic amines) is 1. The smallest absolute Gasteiger partial charge is 0.241 e. The molecule has 0 radical (unpaired) electrons. The minimum Gasteiger partial charge on any atom is -0.347 e. The number of carbonyl (C=O) groups is 2. The Balaban J connectivity index is 1.66. The average molecular weight is 326 g/mol. The predicted octanol–water partition coefficient (Wildman–Crippen LogP) is 1.92. The molecule has 2 N–H and O–H groups in total. The molecular formula is C18H22N4O2. The molecule has 1 aromatic carbocycles. The fourth-order valence-corrected chi connectivity index (χ4v) is 3.07. The largest absolute Gasteiger partial charge is 0.347 e. The van der Waals surface area contributed by atoms with Crippen molar-refractivity contribution in [3.8, 4) is 11.3 Å². The Kier molecular flexibility index (Phi) is 4.93. The number of hydrogen-bond donors (Lipinski definition) is 2. The molecule has 2 aromatic rings. The Morgan fingerprint density at radius 1 is 1.33 bits per heavy atom. The van der Waals surface area contributed by atoms with E-state index in [0.717, 1.165) is 36.3 Å². The lowest BCUT2D eigenvalue weighted by Gasteiger charge is -2.32. The molecule has 1 aliphatic heterocycles. The summed E-state index contributed by atoms with van der Waals surface area (Å²) >= 11 is 0. The van der Waals surface area contributed by atoms with Crippen molar-refractivity contribution < 1.29 is 9.59 Å². The Morgan fingerprint density at radius 2 is 2.12 bits per heavy atom. The normalized spacial score (nSPS) is 17.5. The maximum atomic E-state index is 12.2. The quantitative estimate of drug-likeness (QED) is 0.901. The van der Waals surface area contributed by atoms with Gasteiger partial charge in [-0.15, -0.1) is 0 Å². The molecule has 2 heterocycles. The van der Waals surface area contributed by atoms with Gasteiger partial charge in [0.2, 0.25) is 11.8 Å². The Bertz CT molecular complexity index is 711. The van der Waals surface area contributed by atoms with Crippen molar-refractivity contribution in [2.24, 2.45) is 0 Å². The summed E-state index contributed by atoms with van der Waals surface area (Å²) in [5, 5.41) is 10.1. The van der Waals surface area contributed by atoms with Crippen LogP contribution in [0.3, 0.4) is 0 Å². The molecule has 126 valence electrons. The highest BCUT2D eigenvalue weighted by Crippen LogP contribution is 2.28. The van der Waals surface area contributed by atoms with E-state index in [2.05, 4.69) is 21.6 Å². The fraction of sp³-hybridized carbons (Fsp3) is 0.389. The standard InChI is InChI=1S/C18H22N4O2/c1-13(23)19-11-18(24)22-9-5-8-15(12-22)17-10-16(20-21-17)14-6-3-2-4-7-14/h2-4,6-7,10,15H,5,8-9,11-12H2,1H3,(H,19,23)(H,20,21)/t15-/m0/s1. The second-order valence-corrected chi connectivity index (χ2v) is 6.16. The van der Waals surface area contributed by atoms with Crippen LogP contribution in [0.2, 0.25) is 0 Å². The topological polar surface area (TPSA) is 78.1 Å². The van der Waals surface area contributed by atoms with E-state index < -0.39 is 0 Å². The summed E-state index contributed by atoms with van der Waals surface area (Å²) in [7, 11) is 0. The van der Waals surface area contributed by atoms with Crippen LogP contribution in [0.4, 0.5) is 0 Å². The molecule has 2 amide bonds. The molecule has 1 saturated heterocycles. The van der Waals surface area contributed by atoms with Gasteiger partial charge in [-0.3, -0.25) is 14.7 Å². The number of H-pyrrole nitrogens is 1. The van der Waals surface area contributed by atoms with Gasteiger partial charge < -0.3 is 10.2 Å². The Labute approximate surface area is 141 Å². The molecule has 0 unspecified atom stereocenters. The molecule has 1 fully saturated rings. The fourth-order valence-electron chi connectivity index (χ4n) is 3.07. The lowest BCUT2D eigenvalue weighted by molar-refractivity contribution is -0.133. The molecule has 0 bridgehead atoms. The van der Waals surface area contributed by atoms with Crippen molar-refractivity contribution in [3.05, 3.63) is 42.1 Å². The summed E-state index contributed by atoms with van der Waals surface area (Å²) in [5.41, 5.74) is 3.06. The van der Waals surface area contributed by atoms with Crippen molar-refractivity contribution in [1.29, 1.82) is 0 Å². The molecule has 0 spiro atoms. The first-order chi connectivity index (χ1) is 11.6. The third-order valence-corrected chi connectivity index (χ3v) is 4.37. The molecule has 24 heavy (non-hydrogen) atoms. The van der Waals surface area contributed by atoms with Crippen LogP contribution in [0.15, 0.2) is 36.4 Å². The zero-order valence-corrected chi connectivity index (χ0v) is 13.8. The van der Waals surface area contributed by atoms with E-state index in [0.29, 0.717) is 6.54 Å². The highest BCUT2D eigenvalue weighted by atomic mass is 16.2. The molecule has 1 atom stereocenters. The zero-order valence-electron chi connectivity index (χ0n) is 13.8. The summed E-state index contributed by atoms with van der Waals surface area (Å²) in [4.78, 5) is 25.0. The number of piperidine rings is 1. The second-order valence-electron chi connectivity index (χ2n) is 6.16. The molecule has 6 nitrogen and oxygen atoms in total. The van der Waals surface area contributed by atoms with Crippen LogP contribution in [0, 0.1) is 0 Å². The number of benzene rings is 1. The van der Waals surface area contributed by atoms with Gasteiger partial charge in [-0.2, -0.15) is 5.10 Å². The van der Waals surface area contributed by atoms with E-state index in [1.54, 1.807) is 0 Å². The summed E-state index contributed by atoms with van der Waals surface area (Å²) < 4.78 is 0. The minimum atomic E-state index is -0.182. The Morgan fingerprint density at radius 3 is 2.88 bits per heavy atom. The van der Waals surface area contributed by atoms with Crippen LogP contribution < -0.4 is 5.32 Å². The number of nitrogens with one attached hydrogen (secondary N) is 2. The summed E-state index contributed by atoms with van der Waals surface area (Å²) in [6.07, 6.45) is 1.98. The first-order valence-corrected chi connectivity index (χ1v) is 8.26. The SMILES string of the molecule is CC(=O)NCC(=O)N1CCC[C@H](c2cc(-c3ccccc3)n[nH]2)C1. The molecule has 0 aliphatic carbocycles. The van der Waals surface area contributed by atoms with E-state index in [-0.39, 0.29) is 24.3 Å². The highest BCUT2D eigenvalue weighted by molar-refractivity contribution is 5.83. The van der Waals surface area contributed by atoms with E-state index >= 15 is 0 Å². The van der Waals surface area contributed by atoms with E-state index in [1.165, 1.54) is 6.92 Å². The number of amides is 2. The van der Waals surface area contributed by atoms with Crippen LogP contribution in [-0.2, 0) is 9.59 Å². The Hall–Kier alpha value is -2.63. The lowest BCUT2D eigenvalue weighted by atomic mass is 9.94. The van der Waals surface area contributed by atoms with Crippen molar-refractivity contribution in [2.45, 2.75) is 25.7 Å². The molecule has 1 aliphatic rings. The van der Waals surface area contributed by atoms with Crippen molar-refractivity contribution >= 4 is 11.8 Å². The van der Waals surface area contributed by atoms with Crippen LogP contribution in [0.1, 0.15) is 31.4 Å². The lowest BCUT2D eigenvalue weighted by Crippen LogP contribution is -2.44. The van der Waals surface area contributed by atoms with E-state index in [9.17, 15) is 9.59 Å². The minimum absolute atomic E-state index is 0.0299. The summed E-state index contributed by atoms with van der Waals surface area (Å²) in [6, 6.07) is 12.1. The van der Waals surface area contributed by atoms with Gasteiger partial charge in [0.15, 0.2) is 0 Å². The molecule has 0 saturated carbocycles. The molecule has 1 aromatic heterocycles. The highest BCUT2D eigenvalue weighted by Gasteiger charge is 2.26. The van der Waals surface area contributed by atoms with Gasteiger partial charge in [0, 0.05) is 37.2 Å². The van der Waals surface area contributed by atoms with E-state index in [4.69, 9.17) is 0 Å². The van der Waals surface area contributed by atoms with Gasteiger partial charge >= 0.3 is 0 Å². The van der Waals surface area contributed by atoms with Crippen LogP contribution >= 0.6 is 0 Å². The maximum Gasteiger partial charge on any atom is 0.241 e. The summed E-state index contributed by atoms with van der Waals surface area (Å²) in [6.45, 7) is 2.89. The van der Waals surface area contributed by atoms with Crippen molar-refractivity contribution in [3.63, 3.8) is 0 Å². The maximum absolute atomic E-state index is 12.2. The van der Waals surface area contributed by atoms with Crippen LogP contribution in [0.5, 0.6) is 0 Å². The number of hydrogen-bond acceptors (Lipinski definition) is 3. The van der Waals surface area contributed by atoms with Gasteiger partial charge in [0.05, 0.1) is 12.2 Å². The monoisotopic (exact) mass is 326 g/mol.